The smallest absolute Gasteiger partial charge is 0.134 e. The van der Waals surface area contributed by atoms with Gasteiger partial charge in [0.2, 0.25) is 0 Å². The van der Waals surface area contributed by atoms with E-state index in [9.17, 15) is 0 Å². The number of thiophene rings is 2. The van der Waals surface area contributed by atoms with Crippen LogP contribution in [0.1, 0.15) is 0 Å². The first-order chi connectivity index (χ1) is 16.3. The van der Waals surface area contributed by atoms with Gasteiger partial charge in [0.1, 0.15) is 5.58 Å². The van der Waals surface area contributed by atoms with Gasteiger partial charge in [0.05, 0.1) is 6.26 Å². The van der Waals surface area contributed by atoms with E-state index in [0.717, 1.165) is 11.0 Å². The van der Waals surface area contributed by atoms with Gasteiger partial charge in [-0.15, -0.1) is 22.7 Å². The summed E-state index contributed by atoms with van der Waals surface area (Å²) in [6, 6.07) is 31.0. The van der Waals surface area contributed by atoms with Crippen molar-refractivity contribution in [3.05, 3.63) is 96.6 Å². The lowest BCUT2D eigenvalue weighted by Crippen LogP contribution is -1.85. The van der Waals surface area contributed by atoms with Crippen LogP contribution in [0.4, 0.5) is 0 Å². The fourth-order valence-corrected chi connectivity index (χ4v) is 7.51. The molecule has 0 aliphatic heterocycles. The third-order valence-corrected chi connectivity index (χ3v) is 8.97. The van der Waals surface area contributed by atoms with E-state index in [1.807, 2.05) is 22.7 Å². The average molecular weight is 457 g/mol. The van der Waals surface area contributed by atoms with Crippen molar-refractivity contribution in [2.75, 3.05) is 0 Å². The highest BCUT2D eigenvalue weighted by molar-refractivity contribution is 7.26. The van der Waals surface area contributed by atoms with E-state index in [4.69, 9.17) is 4.42 Å². The molecule has 1 nitrogen and oxygen atoms in total. The highest BCUT2D eigenvalue weighted by Crippen LogP contribution is 2.46. The highest BCUT2D eigenvalue weighted by atomic mass is 32.1. The predicted molar refractivity (Wildman–Crippen MR) is 145 cm³/mol. The summed E-state index contributed by atoms with van der Waals surface area (Å²) in [6.07, 6.45) is 1.79. The van der Waals surface area contributed by atoms with Crippen molar-refractivity contribution in [1.29, 1.82) is 0 Å². The van der Waals surface area contributed by atoms with Crippen molar-refractivity contribution in [2.45, 2.75) is 0 Å². The number of benzene rings is 5. The molecule has 0 amide bonds. The second-order valence-electron chi connectivity index (χ2n) is 8.56. The first kappa shape index (κ1) is 17.8. The van der Waals surface area contributed by atoms with Gasteiger partial charge in [0.25, 0.3) is 0 Å². The summed E-state index contributed by atoms with van der Waals surface area (Å²) in [5, 5.41) is 12.6. The molecule has 3 heterocycles. The molecule has 0 saturated heterocycles. The lowest BCUT2D eigenvalue weighted by Gasteiger charge is -2.12. The molecule has 0 fully saturated rings. The van der Waals surface area contributed by atoms with E-state index in [1.165, 1.54) is 62.9 Å². The van der Waals surface area contributed by atoms with Gasteiger partial charge in [0.15, 0.2) is 0 Å². The maximum absolute atomic E-state index is 5.78. The van der Waals surface area contributed by atoms with Crippen LogP contribution in [-0.2, 0) is 0 Å². The van der Waals surface area contributed by atoms with E-state index in [0.29, 0.717) is 0 Å². The first-order valence-electron chi connectivity index (χ1n) is 11.0. The zero-order valence-electron chi connectivity index (χ0n) is 17.5. The summed E-state index contributed by atoms with van der Waals surface area (Å²) in [5.74, 6) is 0. The van der Waals surface area contributed by atoms with Gasteiger partial charge >= 0.3 is 0 Å². The van der Waals surface area contributed by atoms with Crippen LogP contribution in [0.25, 0.3) is 73.9 Å². The van der Waals surface area contributed by atoms with Crippen LogP contribution in [0.15, 0.2) is 101 Å². The van der Waals surface area contributed by atoms with Crippen molar-refractivity contribution in [3.8, 4) is 11.1 Å². The minimum absolute atomic E-state index is 0.937. The normalized spacial score (nSPS) is 12.2. The van der Waals surface area contributed by atoms with E-state index < -0.39 is 0 Å². The van der Waals surface area contributed by atoms with Gasteiger partial charge in [-0.3, -0.25) is 0 Å². The van der Waals surface area contributed by atoms with E-state index in [1.54, 1.807) is 6.26 Å². The Morgan fingerprint density at radius 3 is 2.33 bits per heavy atom. The fraction of sp³-hybridized carbons (Fsp3) is 0. The summed E-state index contributed by atoms with van der Waals surface area (Å²) in [5.41, 5.74) is 3.54. The maximum Gasteiger partial charge on any atom is 0.134 e. The van der Waals surface area contributed by atoms with Crippen molar-refractivity contribution in [2.24, 2.45) is 0 Å². The van der Waals surface area contributed by atoms with Crippen molar-refractivity contribution < 1.29 is 4.42 Å². The molecule has 8 rings (SSSR count). The Kier molecular flexibility index (Phi) is 3.48. The number of fused-ring (bicyclic) bond motifs is 9. The molecule has 0 aliphatic carbocycles. The van der Waals surface area contributed by atoms with Crippen molar-refractivity contribution in [1.82, 2.24) is 0 Å². The molecule has 33 heavy (non-hydrogen) atoms. The standard InChI is InChI=1S/C30H16OS2/c1-3-7-27-20(6-1)25(16-32-27)24-14-18-15-26-17(11-12-31-26)13-23(18)29-21(24)9-10-22-19-5-2-4-8-28(19)33-30(22)29/h1-16H. The SMILES string of the molecule is c1ccc2c(-c3cc4cc5occc5cc4c4c3ccc3c5ccccc5sc34)csc2c1. The first-order valence-corrected chi connectivity index (χ1v) is 12.7. The molecule has 0 unspecified atom stereocenters. The summed E-state index contributed by atoms with van der Waals surface area (Å²) < 4.78 is 9.80. The van der Waals surface area contributed by atoms with Crippen LogP contribution in [0, 0.1) is 0 Å². The monoisotopic (exact) mass is 456 g/mol. The molecule has 8 aromatic rings. The molecule has 3 heteroatoms. The largest absolute Gasteiger partial charge is 0.464 e. The van der Waals surface area contributed by atoms with Crippen LogP contribution in [0.3, 0.4) is 0 Å². The molecule has 0 saturated carbocycles. The minimum Gasteiger partial charge on any atom is -0.464 e. The van der Waals surface area contributed by atoms with Crippen LogP contribution in [0.2, 0.25) is 0 Å². The molecule has 0 bridgehead atoms. The van der Waals surface area contributed by atoms with E-state index in [2.05, 4.69) is 90.3 Å². The summed E-state index contributed by atoms with van der Waals surface area (Å²) >= 11 is 3.72. The van der Waals surface area contributed by atoms with Gasteiger partial charge in [-0.25, -0.2) is 0 Å². The second kappa shape index (κ2) is 6.44. The number of hydrogen-bond acceptors (Lipinski definition) is 3. The lowest BCUT2D eigenvalue weighted by molar-refractivity contribution is 0.616. The molecule has 0 N–H and O–H groups in total. The Morgan fingerprint density at radius 2 is 1.39 bits per heavy atom. The number of furan rings is 1. The molecule has 5 aromatic carbocycles. The van der Waals surface area contributed by atoms with E-state index >= 15 is 0 Å². The lowest BCUT2D eigenvalue weighted by atomic mass is 9.91. The quantitative estimate of drug-likeness (QED) is 0.224. The van der Waals surface area contributed by atoms with Crippen LogP contribution >= 0.6 is 22.7 Å². The predicted octanol–water partition coefficient (Wildman–Crippen LogP) is 9.99. The molecule has 3 aromatic heterocycles. The van der Waals surface area contributed by atoms with Gasteiger partial charge in [-0.05, 0) is 63.5 Å². The van der Waals surface area contributed by atoms with Crippen molar-refractivity contribution >= 4 is 85.4 Å². The average Bonchev–Trinajstić information content (AvgIpc) is 3.58. The second-order valence-corrected chi connectivity index (χ2v) is 10.5. The fourth-order valence-electron chi connectivity index (χ4n) is 5.28. The molecule has 0 aliphatic rings. The molecular formula is C30H16OS2. The molecule has 0 radical (unpaired) electrons. The Labute approximate surface area is 197 Å². The van der Waals surface area contributed by atoms with Gasteiger partial charge in [-0.2, -0.15) is 0 Å². The number of rotatable bonds is 1. The van der Waals surface area contributed by atoms with E-state index in [-0.39, 0.29) is 0 Å². The summed E-state index contributed by atoms with van der Waals surface area (Å²) in [7, 11) is 0. The number of hydrogen-bond donors (Lipinski definition) is 0. The summed E-state index contributed by atoms with van der Waals surface area (Å²) in [6.45, 7) is 0. The molecule has 154 valence electrons. The topological polar surface area (TPSA) is 13.1 Å². The Hall–Kier alpha value is -3.66. The Bertz CT molecular complexity index is 2030. The van der Waals surface area contributed by atoms with Crippen LogP contribution in [0.5, 0.6) is 0 Å². The van der Waals surface area contributed by atoms with Crippen molar-refractivity contribution in [3.63, 3.8) is 0 Å². The molecule has 0 spiro atoms. The van der Waals surface area contributed by atoms with Crippen LogP contribution in [-0.4, -0.2) is 0 Å². The zero-order valence-corrected chi connectivity index (χ0v) is 19.1. The minimum atomic E-state index is 0.937. The van der Waals surface area contributed by atoms with Gasteiger partial charge in [0, 0.05) is 46.6 Å². The molecule has 0 atom stereocenters. The zero-order chi connectivity index (χ0) is 21.5. The summed E-state index contributed by atoms with van der Waals surface area (Å²) in [4.78, 5) is 0. The molecular weight excluding hydrogens is 440 g/mol. The third kappa shape index (κ3) is 2.41. The Morgan fingerprint density at radius 1 is 0.576 bits per heavy atom. The van der Waals surface area contributed by atoms with Gasteiger partial charge in [-0.1, -0.05) is 48.5 Å². The van der Waals surface area contributed by atoms with Crippen LogP contribution < -0.4 is 0 Å². The Balaban J connectivity index is 1.63. The third-order valence-electron chi connectivity index (χ3n) is 6.80. The highest BCUT2D eigenvalue weighted by Gasteiger charge is 2.17. The van der Waals surface area contributed by atoms with Gasteiger partial charge < -0.3 is 4.42 Å². The maximum atomic E-state index is 5.78.